The third-order valence-corrected chi connectivity index (χ3v) is 3.76. The van der Waals surface area contributed by atoms with Crippen molar-refractivity contribution in [1.29, 1.82) is 0 Å². The molecule has 1 amide bonds. The first-order chi connectivity index (χ1) is 11.3. The van der Waals surface area contributed by atoms with E-state index in [2.05, 4.69) is 26.1 Å². The van der Waals surface area contributed by atoms with Crippen LogP contribution in [0, 0.1) is 0 Å². The molecule has 0 saturated heterocycles. The Balaban J connectivity index is 1.86. The van der Waals surface area contributed by atoms with Crippen molar-refractivity contribution in [2.24, 2.45) is 0 Å². The minimum atomic E-state index is -0.174. The van der Waals surface area contributed by atoms with Crippen molar-refractivity contribution in [3.8, 4) is 5.75 Å². The molecule has 0 heterocycles. The van der Waals surface area contributed by atoms with Crippen molar-refractivity contribution in [2.75, 3.05) is 30.9 Å². The minimum Gasteiger partial charge on any atom is -0.484 e. The molecule has 0 aliphatic heterocycles. The van der Waals surface area contributed by atoms with Crippen LogP contribution in [0.4, 0.5) is 11.4 Å². The Kier molecular flexibility index (Phi) is 5.50. The molecular formula is C20H26N2O2. The van der Waals surface area contributed by atoms with Gasteiger partial charge in [-0.15, -0.1) is 0 Å². The number of nitrogens with one attached hydrogen (secondary N) is 1. The number of ether oxygens (including phenoxy) is 1. The second kappa shape index (κ2) is 7.39. The van der Waals surface area contributed by atoms with Crippen LogP contribution >= 0.6 is 0 Å². The van der Waals surface area contributed by atoms with Crippen LogP contribution < -0.4 is 15.0 Å². The van der Waals surface area contributed by atoms with Gasteiger partial charge in [0, 0.05) is 25.5 Å². The highest BCUT2D eigenvalue weighted by atomic mass is 16.5. The van der Waals surface area contributed by atoms with E-state index in [4.69, 9.17) is 4.74 Å². The number of amides is 1. The van der Waals surface area contributed by atoms with Crippen LogP contribution in [0.1, 0.15) is 26.3 Å². The smallest absolute Gasteiger partial charge is 0.262 e. The number of carbonyl (C=O) groups is 1. The van der Waals surface area contributed by atoms with Gasteiger partial charge in [0.05, 0.1) is 0 Å². The number of carbonyl (C=O) groups excluding carboxylic acids is 1. The number of hydrogen-bond acceptors (Lipinski definition) is 3. The van der Waals surface area contributed by atoms with Crippen molar-refractivity contribution >= 4 is 17.3 Å². The lowest BCUT2D eigenvalue weighted by Crippen LogP contribution is -2.20. The molecule has 0 bridgehead atoms. The van der Waals surface area contributed by atoms with E-state index in [0.29, 0.717) is 5.75 Å². The number of anilines is 2. The maximum atomic E-state index is 12.0. The van der Waals surface area contributed by atoms with Gasteiger partial charge < -0.3 is 15.0 Å². The van der Waals surface area contributed by atoms with Gasteiger partial charge in [-0.05, 0) is 47.4 Å². The molecule has 0 radical (unpaired) electrons. The fourth-order valence-corrected chi connectivity index (χ4v) is 2.24. The van der Waals surface area contributed by atoms with Gasteiger partial charge in [0.15, 0.2) is 6.61 Å². The van der Waals surface area contributed by atoms with Gasteiger partial charge in [0.25, 0.3) is 5.91 Å². The normalized spacial score (nSPS) is 11.0. The summed E-state index contributed by atoms with van der Waals surface area (Å²) in [7, 11) is 3.96. The molecule has 0 aliphatic carbocycles. The minimum absolute atomic E-state index is 0.00963. The summed E-state index contributed by atoms with van der Waals surface area (Å²) in [6.07, 6.45) is 0. The van der Waals surface area contributed by atoms with Gasteiger partial charge >= 0.3 is 0 Å². The quantitative estimate of drug-likeness (QED) is 0.900. The number of benzene rings is 2. The van der Waals surface area contributed by atoms with Crippen molar-refractivity contribution < 1.29 is 9.53 Å². The highest BCUT2D eigenvalue weighted by Crippen LogP contribution is 2.24. The Morgan fingerprint density at radius 1 is 1.00 bits per heavy atom. The highest BCUT2D eigenvalue weighted by molar-refractivity contribution is 5.92. The van der Waals surface area contributed by atoms with Gasteiger partial charge in [-0.1, -0.05) is 32.9 Å². The Labute approximate surface area is 144 Å². The molecule has 2 aromatic rings. The van der Waals surface area contributed by atoms with Crippen LogP contribution in [0.25, 0.3) is 0 Å². The summed E-state index contributed by atoms with van der Waals surface area (Å²) in [4.78, 5) is 14.0. The summed E-state index contributed by atoms with van der Waals surface area (Å²) in [6.45, 7) is 6.48. The topological polar surface area (TPSA) is 41.6 Å². The van der Waals surface area contributed by atoms with Crippen LogP contribution in [0.3, 0.4) is 0 Å². The van der Waals surface area contributed by atoms with Crippen molar-refractivity contribution in [3.63, 3.8) is 0 Å². The maximum Gasteiger partial charge on any atom is 0.262 e. The monoisotopic (exact) mass is 326 g/mol. The number of rotatable bonds is 5. The lowest BCUT2D eigenvalue weighted by atomic mass is 9.87. The third-order valence-electron chi connectivity index (χ3n) is 3.76. The first kappa shape index (κ1) is 17.9. The second-order valence-corrected chi connectivity index (χ2v) is 7.05. The number of nitrogens with zero attached hydrogens (tertiary/aromatic N) is 1. The molecule has 4 nitrogen and oxygen atoms in total. The molecule has 1 N–H and O–H groups in total. The zero-order valence-electron chi connectivity index (χ0n) is 15.1. The van der Waals surface area contributed by atoms with E-state index in [1.165, 1.54) is 5.56 Å². The third kappa shape index (κ3) is 5.01. The van der Waals surface area contributed by atoms with Gasteiger partial charge in [-0.25, -0.2) is 0 Å². The average molecular weight is 326 g/mol. The Bertz CT molecular complexity index is 668. The molecular weight excluding hydrogens is 300 g/mol. The number of hydrogen-bond donors (Lipinski definition) is 1. The van der Waals surface area contributed by atoms with Crippen molar-refractivity contribution in [3.05, 3.63) is 54.1 Å². The fraction of sp³-hybridized carbons (Fsp3) is 0.350. The molecule has 2 aromatic carbocycles. The zero-order valence-corrected chi connectivity index (χ0v) is 15.1. The van der Waals surface area contributed by atoms with Gasteiger partial charge in [0.2, 0.25) is 0 Å². The maximum absolute atomic E-state index is 12.0. The molecule has 0 aliphatic rings. The summed E-state index contributed by atoms with van der Waals surface area (Å²) in [5.41, 5.74) is 3.19. The van der Waals surface area contributed by atoms with E-state index in [9.17, 15) is 4.79 Å². The summed E-state index contributed by atoms with van der Waals surface area (Å²) < 4.78 is 5.55. The average Bonchev–Trinajstić information content (AvgIpc) is 2.53. The molecule has 0 aromatic heterocycles. The SMILES string of the molecule is CN(C)c1ccc(NC(=O)COc2ccc(C(C)(C)C)cc2)cc1. The first-order valence-electron chi connectivity index (χ1n) is 8.06. The van der Waals surface area contributed by atoms with Crippen LogP contribution in [0.5, 0.6) is 5.75 Å². The summed E-state index contributed by atoms with van der Waals surface area (Å²) in [5.74, 6) is 0.522. The molecule has 0 fully saturated rings. The van der Waals surface area contributed by atoms with E-state index in [-0.39, 0.29) is 17.9 Å². The summed E-state index contributed by atoms with van der Waals surface area (Å²) >= 11 is 0. The second-order valence-electron chi connectivity index (χ2n) is 7.05. The molecule has 24 heavy (non-hydrogen) atoms. The Morgan fingerprint density at radius 2 is 1.58 bits per heavy atom. The molecule has 4 heteroatoms. The van der Waals surface area contributed by atoms with Gasteiger partial charge in [-0.2, -0.15) is 0 Å². The first-order valence-corrected chi connectivity index (χ1v) is 8.06. The Morgan fingerprint density at radius 3 is 2.08 bits per heavy atom. The zero-order chi connectivity index (χ0) is 17.7. The van der Waals surface area contributed by atoms with Crippen molar-refractivity contribution in [1.82, 2.24) is 0 Å². The lowest BCUT2D eigenvalue weighted by molar-refractivity contribution is -0.118. The molecule has 128 valence electrons. The standard InChI is InChI=1S/C20H26N2O2/c1-20(2,3)15-6-12-18(13-7-15)24-14-19(23)21-16-8-10-17(11-9-16)22(4)5/h6-13H,14H2,1-5H3,(H,21,23). The predicted molar refractivity (Wildman–Crippen MR) is 100 cm³/mol. The summed E-state index contributed by atoms with van der Waals surface area (Å²) in [6, 6.07) is 15.6. The van der Waals surface area contributed by atoms with E-state index >= 15 is 0 Å². The molecule has 0 saturated carbocycles. The van der Waals surface area contributed by atoms with Crippen LogP contribution in [-0.2, 0) is 10.2 Å². The van der Waals surface area contributed by atoms with Gasteiger partial charge in [-0.3, -0.25) is 4.79 Å². The molecule has 2 rings (SSSR count). The largest absolute Gasteiger partial charge is 0.484 e. The lowest BCUT2D eigenvalue weighted by Gasteiger charge is -2.19. The molecule has 0 spiro atoms. The fourth-order valence-electron chi connectivity index (χ4n) is 2.24. The Hall–Kier alpha value is -2.49. The van der Waals surface area contributed by atoms with Crippen molar-refractivity contribution in [2.45, 2.75) is 26.2 Å². The van der Waals surface area contributed by atoms with Crippen LogP contribution in [0.15, 0.2) is 48.5 Å². The van der Waals surface area contributed by atoms with E-state index in [1.54, 1.807) is 0 Å². The molecule has 0 atom stereocenters. The summed E-state index contributed by atoms with van der Waals surface area (Å²) in [5, 5.41) is 2.83. The van der Waals surface area contributed by atoms with Gasteiger partial charge in [0.1, 0.15) is 5.75 Å². The van der Waals surface area contributed by atoms with E-state index in [0.717, 1.165) is 11.4 Å². The van der Waals surface area contributed by atoms with Crippen LogP contribution in [0.2, 0.25) is 0 Å². The van der Waals surface area contributed by atoms with Crippen LogP contribution in [-0.4, -0.2) is 26.6 Å². The van der Waals surface area contributed by atoms with E-state index < -0.39 is 0 Å². The highest BCUT2D eigenvalue weighted by Gasteiger charge is 2.13. The predicted octanol–water partition coefficient (Wildman–Crippen LogP) is 4.07. The molecule has 0 unspecified atom stereocenters. The van der Waals surface area contributed by atoms with E-state index in [1.807, 2.05) is 67.5 Å².